The molecule has 2 aromatic carbocycles. The number of hydrogen-bond donors (Lipinski definition) is 0. The second kappa shape index (κ2) is 7.03. The van der Waals surface area contributed by atoms with Crippen molar-refractivity contribution in [2.45, 2.75) is 31.1 Å². The summed E-state index contributed by atoms with van der Waals surface area (Å²) in [7, 11) is 2.92. The van der Waals surface area contributed by atoms with Gasteiger partial charge in [-0.2, -0.15) is 0 Å². The van der Waals surface area contributed by atoms with E-state index in [0.717, 1.165) is 16.9 Å². The zero-order valence-corrected chi connectivity index (χ0v) is 16.1. The molecule has 0 saturated carbocycles. The number of hydrogen-bond acceptors (Lipinski definition) is 4. The van der Waals surface area contributed by atoms with Crippen molar-refractivity contribution in [3.63, 3.8) is 0 Å². The van der Waals surface area contributed by atoms with Gasteiger partial charge in [-0.1, -0.05) is 55.5 Å². The first-order valence-corrected chi connectivity index (χ1v) is 9.00. The Morgan fingerprint density at radius 3 is 2.11 bits per heavy atom. The van der Waals surface area contributed by atoms with Crippen LogP contribution in [0.5, 0.6) is 5.75 Å². The summed E-state index contributed by atoms with van der Waals surface area (Å²) in [5.41, 5.74) is 0.372. The predicted octanol–water partition coefficient (Wildman–Crippen LogP) is 3.98. The molecule has 1 aliphatic rings. The molecular weight excluding hydrogens is 340 g/mol. The van der Waals surface area contributed by atoms with E-state index in [1.165, 1.54) is 7.11 Å². The molecule has 0 heterocycles. The van der Waals surface area contributed by atoms with Crippen LogP contribution in [0.15, 0.2) is 66.2 Å². The van der Waals surface area contributed by atoms with E-state index < -0.39 is 16.8 Å². The monoisotopic (exact) mass is 364 g/mol. The maximum atomic E-state index is 13.5. The zero-order valence-electron chi connectivity index (χ0n) is 16.1. The minimum Gasteiger partial charge on any atom is -0.497 e. The van der Waals surface area contributed by atoms with Crippen LogP contribution in [0.4, 0.5) is 0 Å². The first-order chi connectivity index (χ1) is 12.9. The SMILES string of the molecule is CC[C@]1(c2ccc(OC)cc2)C=C(C(=O)OC)C(=O)[C@]1(C)c1ccccc1. The lowest BCUT2D eigenvalue weighted by molar-refractivity contribution is -0.138. The molecule has 27 heavy (non-hydrogen) atoms. The Morgan fingerprint density at radius 1 is 0.963 bits per heavy atom. The number of benzene rings is 2. The molecule has 0 fully saturated rings. The number of ether oxygens (including phenoxy) is 2. The summed E-state index contributed by atoms with van der Waals surface area (Å²) < 4.78 is 10.2. The minimum absolute atomic E-state index is 0.113. The number of esters is 1. The molecule has 2 aromatic rings. The second-order valence-corrected chi connectivity index (χ2v) is 6.92. The average molecular weight is 364 g/mol. The number of Topliss-reactive ketones (excluding diaryl/α,β-unsaturated/α-hetero) is 1. The third kappa shape index (κ3) is 2.67. The first kappa shape index (κ1) is 18.9. The number of methoxy groups -OCH3 is 2. The molecule has 1 aliphatic carbocycles. The largest absolute Gasteiger partial charge is 0.497 e. The molecule has 0 saturated heterocycles. The summed E-state index contributed by atoms with van der Waals surface area (Å²) in [4.78, 5) is 25.9. The fraction of sp³-hybridized carbons (Fsp3) is 0.304. The Labute approximate surface area is 159 Å². The highest BCUT2D eigenvalue weighted by Crippen LogP contribution is 2.54. The summed E-state index contributed by atoms with van der Waals surface area (Å²) in [6.45, 7) is 3.96. The van der Waals surface area contributed by atoms with Crippen molar-refractivity contribution in [2.75, 3.05) is 14.2 Å². The molecule has 0 unspecified atom stereocenters. The molecular formula is C23H24O4. The van der Waals surface area contributed by atoms with Gasteiger partial charge in [-0.25, -0.2) is 4.79 Å². The van der Waals surface area contributed by atoms with Gasteiger partial charge in [0.05, 0.1) is 19.6 Å². The summed E-state index contributed by atoms with van der Waals surface area (Å²) in [5, 5.41) is 0. The predicted molar refractivity (Wildman–Crippen MR) is 104 cm³/mol. The molecule has 2 atom stereocenters. The summed E-state index contributed by atoms with van der Waals surface area (Å²) >= 11 is 0. The molecule has 0 aromatic heterocycles. The van der Waals surface area contributed by atoms with Crippen LogP contribution in [-0.4, -0.2) is 26.0 Å². The third-order valence-corrected chi connectivity index (χ3v) is 5.90. The Bertz CT molecular complexity index is 882. The van der Waals surface area contributed by atoms with Crippen molar-refractivity contribution in [3.8, 4) is 5.75 Å². The van der Waals surface area contributed by atoms with E-state index in [-0.39, 0.29) is 11.4 Å². The standard InChI is InChI=1S/C23H24O4/c1-5-23(17-11-13-18(26-3)14-12-17)15-19(21(25)27-4)20(24)22(23,2)16-9-7-6-8-10-16/h6-15H,5H2,1-4H3/t22-,23+/m0/s1. The first-order valence-electron chi connectivity index (χ1n) is 9.00. The van der Waals surface area contributed by atoms with Crippen molar-refractivity contribution >= 4 is 11.8 Å². The van der Waals surface area contributed by atoms with Gasteiger partial charge < -0.3 is 9.47 Å². The Balaban J connectivity index is 2.29. The van der Waals surface area contributed by atoms with Crippen LogP contribution in [0.2, 0.25) is 0 Å². The smallest absolute Gasteiger partial charge is 0.341 e. The van der Waals surface area contributed by atoms with Gasteiger partial charge in [0.1, 0.15) is 11.3 Å². The van der Waals surface area contributed by atoms with Gasteiger partial charge in [0.15, 0.2) is 5.78 Å². The summed E-state index contributed by atoms with van der Waals surface area (Å²) in [5.74, 6) is -0.0582. The van der Waals surface area contributed by atoms with E-state index in [4.69, 9.17) is 9.47 Å². The number of carbonyl (C=O) groups excluding carboxylic acids is 2. The molecule has 4 nitrogen and oxygen atoms in total. The van der Waals surface area contributed by atoms with Crippen LogP contribution in [0, 0.1) is 0 Å². The molecule has 0 radical (unpaired) electrons. The van der Waals surface area contributed by atoms with Gasteiger partial charge in [-0.15, -0.1) is 0 Å². The summed E-state index contributed by atoms with van der Waals surface area (Å²) in [6.07, 6.45) is 2.45. The fourth-order valence-electron chi connectivity index (χ4n) is 4.27. The van der Waals surface area contributed by atoms with Gasteiger partial charge in [0.2, 0.25) is 0 Å². The highest BCUT2D eigenvalue weighted by atomic mass is 16.5. The third-order valence-electron chi connectivity index (χ3n) is 5.90. The van der Waals surface area contributed by atoms with Crippen molar-refractivity contribution in [1.82, 2.24) is 0 Å². The van der Waals surface area contributed by atoms with Crippen molar-refractivity contribution in [2.24, 2.45) is 0 Å². The average Bonchev–Trinajstić information content (AvgIpc) is 2.97. The molecule has 0 N–H and O–H groups in total. The van der Waals surface area contributed by atoms with E-state index in [0.29, 0.717) is 6.42 Å². The Kier molecular flexibility index (Phi) is 4.92. The molecule has 140 valence electrons. The van der Waals surface area contributed by atoms with Crippen LogP contribution in [-0.2, 0) is 25.2 Å². The maximum Gasteiger partial charge on any atom is 0.341 e. The number of ketones is 1. The molecule has 0 aliphatic heterocycles. The maximum absolute atomic E-state index is 13.5. The van der Waals surface area contributed by atoms with Crippen molar-refractivity contribution in [1.29, 1.82) is 0 Å². The van der Waals surface area contributed by atoms with Crippen LogP contribution in [0.1, 0.15) is 31.4 Å². The lowest BCUT2D eigenvalue weighted by atomic mass is 9.58. The van der Waals surface area contributed by atoms with Gasteiger partial charge in [0.25, 0.3) is 0 Å². The summed E-state index contributed by atoms with van der Waals surface area (Å²) in [6, 6.07) is 17.3. The van der Waals surface area contributed by atoms with Gasteiger partial charge in [-0.3, -0.25) is 4.79 Å². The highest BCUT2D eigenvalue weighted by Gasteiger charge is 2.59. The zero-order chi connectivity index (χ0) is 19.7. The lowest BCUT2D eigenvalue weighted by Gasteiger charge is -2.42. The quantitative estimate of drug-likeness (QED) is 0.595. The second-order valence-electron chi connectivity index (χ2n) is 6.92. The molecule has 3 rings (SSSR count). The van der Waals surface area contributed by atoms with Crippen molar-refractivity contribution < 1.29 is 19.1 Å². The highest BCUT2D eigenvalue weighted by molar-refractivity contribution is 6.24. The molecule has 4 heteroatoms. The molecule has 0 bridgehead atoms. The topological polar surface area (TPSA) is 52.6 Å². The van der Waals surface area contributed by atoms with Gasteiger partial charge >= 0.3 is 5.97 Å². The minimum atomic E-state index is -0.916. The van der Waals surface area contributed by atoms with Gasteiger partial charge in [-0.05, 0) is 36.6 Å². The Hall–Kier alpha value is -2.88. The number of rotatable bonds is 5. The lowest BCUT2D eigenvalue weighted by Crippen LogP contribution is -2.47. The molecule has 0 spiro atoms. The van der Waals surface area contributed by atoms with Crippen LogP contribution in [0.25, 0.3) is 0 Å². The van der Waals surface area contributed by atoms with E-state index >= 15 is 0 Å². The van der Waals surface area contributed by atoms with E-state index in [1.54, 1.807) is 13.2 Å². The fourth-order valence-corrected chi connectivity index (χ4v) is 4.27. The number of allylic oxidation sites excluding steroid dienone is 1. The number of carbonyl (C=O) groups is 2. The molecule has 0 amide bonds. The normalized spacial score (nSPS) is 24.4. The van der Waals surface area contributed by atoms with Crippen LogP contribution < -0.4 is 4.74 Å². The van der Waals surface area contributed by atoms with Crippen LogP contribution in [0.3, 0.4) is 0 Å². The van der Waals surface area contributed by atoms with E-state index in [2.05, 4.69) is 0 Å². The van der Waals surface area contributed by atoms with E-state index in [9.17, 15) is 9.59 Å². The van der Waals surface area contributed by atoms with Crippen LogP contribution >= 0.6 is 0 Å². The van der Waals surface area contributed by atoms with Gasteiger partial charge in [0, 0.05) is 5.41 Å². The van der Waals surface area contributed by atoms with E-state index in [1.807, 2.05) is 68.4 Å². The Morgan fingerprint density at radius 2 is 1.59 bits per heavy atom. The van der Waals surface area contributed by atoms with Crippen molar-refractivity contribution in [3.05, 3.63) is 77.4 Å².